The zero-order chi connectivity index (χ0) is 12.4. The molecule has 0 radical (unpaired) electrons. The molecule has 0 spiro atoms. The summed E-state index contributed by atoms with van der Waals surface area (Å²) in [6.07, 6.45) is 1.25. The lowest BCUT2D eigenvalue weighted by Gasteiger charge is -2.31. The van der Waals surface area contributed by atoms with Gasteiger partial charge in [0.15, 0.2) is 0 Å². The number of piperidine rings is 1. The van der Waals surface area contributed by atoms with E-state index in [4.69, 9.17) is 4.74 Å². The highest BCUT2D eigenvalue weighted by Crippen LogP contribution is 2.37. The second kappa shape index (κ2) is 5.09. The van der Waals surface area contributed by atoms with E-state index in [0.717, 1.165) is 24.8 Å². The van der Waals surface area contributed by atoms with Crippen molar-refractivity contribution in [1.29, 1.82) is 0 Å². The number of hydrogen-bond donors (Lipinski definition) is 1. The maximum Gasteiger partial charge on any atom is 0.125 e. The number of methoxy groups -OCH3 is 1. The van der Waals surface area contributed by atoms with E-state index in [1.54, 1.807) is 7.11 Å². The van der Waals surface area contributed by atoms with Crippen LogP contribution in [0.2, 0.25) is 0 Å². The Morgan fingerprint density at radius 3 is 2.71 bits per heavy atom. The van der Waals surface area contributed by atoms with E-state index in [1.807, 2.05) is 0 Å². The molecule has 2 atom stereocenters. The van der Waals surface area contributed by atoms with Crippen LogP contribution in [-0.4, -0.2) is 20.2 Å². The quantitative estimate of drug-likeness (QED) is 0.848. The minimum atomic E-state index is 0.581. The Kier molecular flexibility index (Phi) is 3.72. The molecule has 2 unspecified atom stereocenters. The molecule has 0 aromatic heterocycles. The van der Waals surface area contributed by atoms with Crippen LogP contribution in [0.3, 0.4) is 0 Å². The molecule has 2 heteroatoms. The van der Waals surface area contributed by atoms with Crippen molar-refractivity contribution in [2.75, 3.05) is 20.2 Å². The Hall–Kier alpha value is -1.02. The number of benzene rings is 1. The fourth-order valence-electron chi connectivity index (χ4n) is 2.78. The summed E-state index contributed by atoms with van der Waals surface area (Å²) in [4.78, 5) is 0. The first-order valence-electron chi connectivity index (χ1n) is 6.50. The minimum Gasteiger partial charge on any atom is -0.496 e. The van der Waals surface area contributed by atoms with Gasteiger partial charge < -0.3 is 10.1 Å². The minimum absolute atomic E-state index is 0.581. The highest BCUT2D eigenvalue weighted by molar-refractivity contribution is 5.47. The van der Waals surface area contributed by atoms with Crippen LogP contribution < -0.4 is 10.1 Å². The van der Waals surface area contributed by atoms with Crippen LogP contribution in [0.15, 0.2) is 12.1 Å². The van der Waals surface area contributed by atoms with Gasteiger partial charge in [0.05, 0.1) is 7.11 Å². The molecule has 0 amide bonds. The monoisotopic (exact) mass is 233 g/mol. The van der Waals surface area contributed by atoms with Crippen molar-refractivity contribution in [2.24, 2.45) is 5.92 Å². The van der Waals surface area contributed by atoms with Gasteiger partial charge in [-0.2, -0.15) is 0 Å². The zero-order valence-corrected chi connectivity index (χ0v) is 11.3. The van der Waals surface area contributed by atoms with Gasteiger partial charge in [-0.15, -0.1) is 0 Å². The van der Waals surface area contributed by atoms with Gasteiger partial charge in [-0.1, -0.05) is 19.1 Å². The van der Waals surface area contributed by atoms with Gasteiger partial charge in [0.1, 0.15) is 5.75 Å². The third-order valence-corrected chi connectivity index (χ3v) is 4.14. The van der Waals surface area contributed by atoms with Crippen molar-refractivity contribution in [2.45, 2.75) is 33.1 Å². The van der Waals surface area contributed by atoms with Crippen molar-refractivity contribution >= 4 is 0 Å². The molecule has 1 N–H and O–H groups in total. The second-order valence-electron chi connectivity index (χ2n) is 5.21. The molecule has 1 aromatic rings. The Balaban J connectivity index is 2.40. The van der Waals surface area contributed by atoms with E-state index in [0.29, 0.717) is 5.92 Å². The van der Waals surface area contributed by atoms with E-state index < -0.39 is 0 Å². The van der Waals surface area contributed by atoms with Crippen LogP contribution in [0.1, 0.15) is 36.0 Å². The first kappa shape index (κ1) is 12.4. The van der Waals surface area contributed by atoms with Gasteiger partial charge in [0.2, 0.25) is 0 Å². The molecule has 1 aliphatic rings. The Labute approximate surface area is 104 Å². The summed E-state index contributed by atoms with van der Waals surface area (Å²) >= 11 is 0. The van der Waals surface area contributed by atoms with Gasteiger partial charge in [-0.25, -0.2) is 0 Å². The summed E-state index contributed by atoms with van der Waals surface area (Å²) in [5, 5.41) is 3.49. The number of rotatable bonds is 2. The van der Waals surface area contributed by atoms with Crippen molar-refractivity contribution in [3.8, 4) is 5.75 Å². The summed E-state index contributed by atoms with van der Waals surface area (Å²) < 4.78 is 5.63. The Morgan fingerprint density at radius 1 is 1.29 bits per heavy atom. The molecule has 94 valence electrons. The molecule has 1 heterocycles. The molecule has 0 aliphatic carbocycles. The lowest BCUT2D eigenvalue weighted by atomic mass is 9.81. The lowest BCUT2D eigenvalue weighted by molar-refractivity contribution is 0.332. The van der Waals surface area contributed by atoms with Crippen molar-refractivity contribution < 1.29 is 4.74 Å². The highest BCUT2D eigenvalue weighted by Gasteiger charge is 2.26. The van der Waals surface area contributed by atoms with E-state index in [1.165, 1.54) is 23.1 Å². The molecular weight excluding hydrogens is 210 g/mol. The summed E-state index contributed by atoms with van der Waals surface area (Å²) in [7, 11) is 1.78. The van der Waals surface area contributed by atoms with Gasteiger partial charge in [-0.3, -0.25) is 0 Å². The second-order valence-corrected chi connectivity index (χ2v) is 5.21. The SMILES string of the molecule is COc1c(C2CNCCC2C)ccc(C)c1C. The van der Waals surface area contributed by atoms with Gasteiger partial charge in [0, 0.05) is 12.5 Å². The Bertz CT molecular complexity index is 400. The summed E-state index contributed by atoms with van der Waals surface area (Å²) in [6, 6.07) is 4.46. The van der Waals surface area contributed by atoms with Crippen molar-refractivity contribution in [3.63, 3.8) is 0 Å². The van der Waals surface area contributed by atoms with E-state index in [-0.39, 0.29) is 0 Å². The molecule has 1 saturated heterocycles. The smallest absolute Gasteiger partial charge is 0.125 e. The molecule has 2 nitrogen and oxygen atoms in total. The van der Waals surface area contributed by atoms with E-state index in [9.17, 15) is 0 Å². The van der Waals surface area contributed by atoms with Crippen LogP contribution in [0.4, 0.5) is 0 Å². The fraction of sp³-hybridized carbons (Fsp3) is 0.600. The molecule has 2 rings (SSSR count). The van der Waals surface area contributed by atoms with E-state index >= 15 is 0 Å². The first-order valence-corrected chi connectivity index (χ1v) is 6.50. The largest absolute Gasteiger partial charge is 0.496 e. The average Bonchev–Trinajstić information content (AvgIpc) is 2.33. The van der Waals surface area contributed by atoms with Gasteiger partial charge >= 0.3 is 0 Å². The average molecular weight is 233 g/mol. The summed E-state index contributed by atoms with van der Waals surface area (Å²) in [5.41, 5.74) is 3.96. The third-order valence-electron chi connectivity index (χ3n) is 4.14. The van der Waals surface area contributed by atoms with Crippen LogP contribution in [0.5, 0.6) is 5.75 Å². The molecular formula is C15H23NO. The Morgan fingerprint density at radius 2 is 2.06 bits per heavy atom. The predicted octanol–water partition coefficient (Wildman–Crippen LogP) is 3.03. The van der Waals surface area contributed by atoms with E-state index in [2.05, 4.69) is 38.2 Å². The molecule has 0 bridgehead atoms. The summed E-state index contributed by atoms with van der Waals surface area (Å²) in [5.74, 6) is 2.40. The number of aryl methyl sites for hydroxylation is 1. The fourth-order valence-corrected chi connectivity index (χ4v) is 2.78. The number of ether oxygens (including phenoxy) is 1. The lowest BCUT2D eigenvalue weighted by Crippen LogP contribution is -2.34. The standard InChI is InChI=1S/C15H23NO/c1-10-5-6-13(15(17-4)12(10)3)14-9-16-8-7-11(14)2/h5-6,11,14,16H,7-9H2,1-4H3. The first-order chi connectivity index (χ1) is 8.15. The predicted molar refractivity (Wildman–Crippen MR) is 71.9 cm³/mol. The molecule has 1 aromatic carbocycles. The number of hydrogen-bond acceptors (Lipinski definition) is 2. The number of nitrogens with one attached hydrogen (secondary N) is 1. The van der Waals surface area contributed by atoms with Gasteiger partial charge in [0.25, 0.3) is 0 Å². The maximum absolute atomic E-state index is 5.63. The van der Waals surface area contributed by atoms with Crippen LogP contribution in [0.25, 0.3) is 0 Å². The van der Waals surface area contributed by atoms with Crippen molar-refractivity contribution in [1.82, 2.24) is 5.32 Å². The van der Waals surface area contributed by atoms with Crippen LogP contribution in [0, 0.1) is 19.8 Å². The summed E-state index contributed by atoms with van der Waals surface area (Å²) in [6.45, 7) is 8.85. The highest BCUT2D eigenvalue weighted by atomic mass is 16.5. The zero-order valence-electron chi connectivity index (χ0n) is 11.3. The third kappa shape index (κ3) is 2.32. The van der Waals surface area contributed by atoms with Crippen LogP contribution >= 0.6 is 0 Å². The normalized spacial score (nSPS) is 24.7. The topological polar surface area (TPSA) is 21.3 Å². The molecule has 17 heavy (non-hydrogen) atoms. The van der Waals surface area contributed by atoms with Gasteiger partial charge in [-0.05, 0) is 49.4 Å². The molecule has 0 saturated carbocycles. The maximum atomic E-state index is 5.63. The van der Waals surface area contributed by atoms with Crippen molar-refractivity contribution in [3.05, 3.63) is 28.8 Å². The molecule has 1 aliphatic heterocycles. The van der Waals surface area contributed by atoms with Crippen LogP contribution in [-0.2, 0) is 0 Å². The molecule has 1 fully saturated rings.